The molecule has 1 aromatic heterocycles. The van der Waals surface area contributed by atoms with E-state index in [0.717, 1.165) is 30.3 Å². The Bertz CT molecular complexity index is 747. The molecule has 1 saturated carbocycles. The van der Waals surface area contributed by atoms with Gasteiger partial charge in [0.1, 0.15) is 5.82 Å². The predicted molar refractivity (Wildman–Crippen MR) is 106 cm³/mol. The van der Waals surface area contributed by atoms with Gasteiger partial charge < -0.3 is 15.5 Å². The first kappa shape index (κ1) is 16.9. The van der Waals surface area contributed by atoms with Crippen molar-refractivity contribution in [1.82, 2.24) is 4.98 Å². The standard InChI is InChI=1S/C21H26N4O/c26-21(16-9-12-20(22-15-16)23-17-10-11-17)24-18-7-3-4-8-19(18)25-13-5-1-2-6-14-25/h3-4,7-9,12,15,17H,1-2,5-6,10-11,13-14H2,(H,22,23)(H,24,26). The number of anilines is 3. The Morgan fingerprint density at radius 1 is 1.00 bits per heavy atom. The van der Waals surface area contributed by atoms with Gasteiger partial charge in [0.15, 0.2) is 0 Å². The van der Waals surface area contributed by atoms with Crippen molar-refractivity contribution in [3.05, 3.63) is 48.2 Å². The van der Waals surface area contributed by atoms with Crippen LogP contribution in [0.25, 0.3) is 0 Å². The Morgan fingerprint density at radius 2 is 1.77 bits per heavy atom. The van der Waals surface area contributed by atoms with Crippen LogP contribution >= 0.6 is 0 Å². The molecule has 0 radical (unpaired) electrons. The molecule has 0 unspecified atom stereocenters. The third kappa shape index (κ3) is 4.15. The predicted octanol–water partition coefficient (Wildman–Crippen LogP) is 4.29. The molecule has 5 nitrogen and oxygen atoms in total. The first-order valence-corrected chi connectivity index (χ1v) is 9.67. The second kappa shape index (κ2) is 7.77. The van der Waals surface area contributed by atoms with Gasteiger partial charge in [-0.3, -0.25) is 4.79 Å². The van der Waals surface area contributed by atoms with E-state index in [1.54, 1.807) is 6.20 Å². The van der Waals surface area contributed by atoms with Crippen molar-refractivity contribution in [2.75, 3.05) is 28.6 Å². The Kier molecular flexibility index (Phi) is 5.04. The topological polar surface area (TPSA) is 57.3 Å². The summed E-state index contributed by atoms with van der Waals surface area (Å²) in [5, 5.41) is 6.42. The van der Waals surface area contributed by atoms with Gasteiger partial charge in [0.25, 0.3) is 5.91 Å². The van der Waals surface area contributed by atoms with Gasteiger partial charge in [0.2, 0.25) is 0 Å². The molecule has 136 valence electrons. The van der Waals surface area contributed by atoms with Gasteiger partial charge in [-0.25, -0.2) is 4.98 Å². The molecule has 1 amide bonds. The van der Waals surface area contributed by atoms with Gasteiger partial charge in [-0.05, 0) is 49.9 Å². The number of para-hydroxylation sites is 2. The average Bonchev–Trinajstić information content (AvgIpc) is 3.50. The lowest BCUT2D eigenvalue weighted by molar-refractivity contribution is 0.102. The number of nitrogens with zero attached hydrogens (tertiary/aromatic N) is 2. The number of aromatic nitrogens is 1. The average molecular weight is 350 g/mol. The summed E-state index contributed by atoms with van der Waals surface area (Å²) in [4.78, 5) is 19.4. The van der Waals surface area contributed by atoms with Gasteiger partial charge >= 0.3 is 0 Å². The quantitative estimate of drug-likeness (QED) is 0.845. The summed E-state index contributed by atoms with van der Waals surface area (Å²) in [5.74, 6) is 0.728. The van der Waals surface area contributed by atoms with Crippen molar-refractivity contribution in [2.24, 2.45) is 0 Å². The third-order valence-electron chi connectivity index (χ3n) is 5.05. The molecule has 1 aliphatic heterocycles. The first-order valence-electron chi connectivity index (χ1n) is 9.67. The lowest BCUT2D eigenvalue weighted by Crippen LogP contribution is -2.25. The first-order chi connectivity index (χ1) is 12.8. The SMILES string of the molecule is O=C(Nc1ccccc1N1CCCCCC1)c1ccc(NC2CC2)nc1. The van der Waals surface area contributed by atoms with Gasteiger partial charge in [-0.2, -0.15) is 0 Å². The maximum Gasteiger partial charge on any atom is 0.257 e. The van der Waals surface area contributed by atoms with E-state index in [-0.39, 0.29) is 5.91 Å². The molecule has 2 aromatic rings. The Labute approximate surface area is 154 Å². The molecular weight excluding hydrogens is 324 g/mol. The van der Waals surface area contributed by atoms with Crippen LogP contribution in [0.1, 0.15) is 48.9 Å². The number of rotatable bonds is 5. The fourth-order valence-electron chi connectivity index (χ4n) is 3.41. The number of amides is 1. The van der Waals surface area contributed by atoms with E-state index in [1.807, 2.05) is 30.3 Å². The summed E-state index contributed by atoms with van der Waals surface area (Å²) >= 11 is 0. The molecule has 2 aliphatic rings. The van der Waals surface area contributed by atoms with Crippen LogP contribution < -0.4 is 15.5 Å². The van der Waals surface area contributed by atoms with Gasteiger partial charge in [-0.15, -0.1) is 0 Å². The highest BCUT2D eigenvalue weighted by Crippen LogP contribution is 2.28. The summed E-state index contributed by atoms with van der Waals surface area (Å²) in [6.45, 7) is 2.10. The number of hydrogen-bond donors (Lipinski definition) is 2. The maximum absolute atomic E-state index is 12.7. The van der Waals surface area contributed by atoms with Crippen LogP contribution in [0.5, 0.6) is 0 Å². The molecule has 0 spiro atoms. The van der Waals surface area contributed by atoms with E-state index >= 15 is 0 Å². The van der Waals surface area contributed by atoms with Crippen molar-refractivity contribution >= 4 is 23.1 Å². The molecule has 0 bridgehead atoms. The molecule has 2 heterocycles. The van der Waals surface area contributed by atoms with Crippen molar-refractivity contribution in [1.29, 1.82) is 0 Å². The minimum absolute atomic E-state index is 0.113. The number of carbonyl (C=O) groups excluding carboxylic acids is 1. The molecule has 0 atom stereocenters. The van der Waals surface area contributed by atoms with Crippen molar-refractivity contribution in [3.8, 4) is 0 Å². The molecule has 26 heavy (non-hydrogen) atoms. The van der Waals surface area contributed by atoms with Crippen LogP contribution in [-0.4, -0.2) is 30.0 Å². The lowest BCUT2D eigenvalue weighted by atomic mass is 10.2. The van der Waals surface area contributed by atoms with E-state index in [2.05, 4.69) is 26.6 Å². The van der Waals surface area contributed by atoms with Gasteiger partial charge in [0.05, 0.1) is 16.9 Å². The van der Waals surface area contributed by atoms with Crippen LogP contribution in [0, 0.1) is 0 Å². The van der Waals surface area contributed by atoms with E-state index in [0.29, 0.717) is 11.6 Å². The summed E-state index contributed by atoms with van der Waals surface area (Å²) in [6, 6.07) is 12.4. The van der Waals surface area contributed by atoms with Crippen molar-refractivity contribution in [2.45, 2.75) is 44.6 Å². The van der Waals surface area contributed by atoms with Crippen LogP contribution in [0.15, 0.2) is 42.6 Å². The minimum atomic E-state index is -0.113. The molecule has 1 aliphatic carbocycles. The third-order valence-corrected chi connectivity index (χ3v) is 5.05. The molecular formula is C21H26N4O. The van der Waals surface area contributed by atoms with Crippen LogP contribution in [-0.2, 0) is 0 Å². The van der Waals surface area contributed by atoms with Gasteiger partial charge in [-0.1, -0.05) is 25.0 Å². The largest absolute Gasteiger partial charge is 0.370 e. The number of pyridine rings is 1. The summed E-state index contributed by atoms with van der Waals surface area (Å²) in [7, 11) is 0. The van der Waals surface area contributed by atoms with Crippen molar-refractivity contribution < 1.29 is 4.79 Å². The molecule has 5 heteroatoms. The van der Waals surface area contributed by atoms with Crippen LogP contribution in [0.4, 0.5) is 17.2 Å². The highest BCUT2D eigenvalue weighted by atomic mass is 16.1. The number of hydrogen-bond acceptors (Lipinski definition) is 4. The fraction of sp³-hybridized carbons (Fsp3) is 0.429. The normalized spacial score (nSPS) is 17.5. The Hall–Kier alpha value is -2.56. The highest BCUT2D eigenvalue weighted by molar-refractivity contribution is 6.05. The van der Waals surface area contributed by atoms with Crippen LogP contribution in [0.2, 0.25) is 0 Å². The Morgan fingerprint density at radius 3 is 2.46 bits per heavy atom. The van der Waals surface area contributed by atoms with E-state index in [1.165, 1.54) is 38.5 Å². The van der Waals surface area contributed by atoms with Crippen LogP contribution in [0.3, 0.4) is 0 Å². The fourth-order valence-corrected chi connectivity index (χ4v) is 3.41. The smallest absolute Gasteiger partial charge is 0.257 e. The lowest BCUT2D eigenvalue weighted by Gasteiger charge is -2.25. The number of nitrogens with one attached hydrogen (secondary N) is 2. The zero-order chi connectivity index (χ0) is 17.8. The zero-order valence-electron chi connectivity index (χ0n) is 15.1. The second-order valence-corrected chi connectivity index (χ2v) is 7.22. The highest BCUT2D eigenvalue weighted by Gasteiger charge is 2.21. The molecule has 4 rings (SSSR count). The molecule has 1 saturated heterocycles. The summed E-state index contributed by atoms with van der Waals surface area (Å²) in [6.07, 6.45) is 9.06. The second-order valence-electron chi connectivity index (χ2n) is 7.22. The number of benzene rings is 1. The van der Waals surface area contributed by atoms with E-state index in [4.69, 9.17) is 0 Å². The van der Waals surface area contributed by atoms with Crippen molar-refractivity contribution in [3.63, 3.8) is 0 Å². The zero-order valence-corrected chi connectivity index (χ0v) is 15.1. The molecule has 2 fully saturated rings. The number of carbonyl (C=O) groups is 1. The monoisotopic (exact) mass is 350 g/mol. The summed E-state index contributed by atoms with van der Waals surface area (Å²) in [5.41, 5.74) is 2.57. The summed E-state index contributed by atoms with van der Waals surface area (Å²) < 4.78 is 0. The van der Waals surface area contributed by atoms with E-state index in [9.17, 15) is 4.79 Å². The Balaban J connectivity index is 1.46. The minimum Gasteiger partial charge on any atom is -0.370 e. The molecule has 1 aromatic carbocycles. The molecule has 2 N–H and O–H groups in total. The maximum atomic E-state index is 12.7. The van der Waals surface area contributed by atoms with Gasteiger partial charge in [0, 0.05) is 25.3 Å². The van der Waals surface area contributed by atoms with E-state index < -0.39 is 0 Å².